The Balaban J connectivity index is 1.73. The van der Waals surface area contributed by atoms with Crippen molar-refractivity contribution in [1.82, 2.24) is 15.2 Å². The molecule has 0 radical (unpaired) electrons. The maximum Gasteiger partial charge on any atom is 0.329 e. The lowest BCUT2D eigenvalue weighted by Crippen LogP contribution is -2.41. The molecule has 24 heavy (non-hydrogen) atoms. The summed E-state index contributed by atoms with van der Waals surface area (Å²) in [6.45, 7) is 6.19. The summed E-state index contributed by atoms with van der Waals surface area (Å²) in [5.74, 6) is 2.47. The monoisotopic (exact) mass is 336 g/mol. The average Bonchev–Trinajstić information content (AvgIpc) is 3.21. The number of aromatic nitrogens is 4. The van der Waals surface area contributed by atoms with E-state index in [9.17, 15) is 0 Å². The van der Waals surface area contributed by atoms with E-state index in [0.29, 0.717) is 5.92 Å². The largest absolute Gasteiger partial charge is 0.329 e. The number of hydrogen-bond acceptors (Lipinski definition) is 4. The summed E-state index contributed by atoms with van der Waals surface area (Å²) in [5.41, 5.74) is 4.83. The van der Waals surface area contributed by atoms with Crippen molar-refractivity contribution in [3.63, 3.8) is 0 Å². The molecule has 4 heterocycles. The summed E-state index contributed by atoms with van der Waals surface area (Å²) >= 11 is 1.69. The second kappa shape index (κ2) is 5.01. The molecule has 1 aliphatic heterocycles. The van der Waals surface area contributed by atoms with Crippen LogP contribution in [-0.4, -0.2) is 21.7 Å². The Morgan fingerprint density at radius 3 is 3.08 bits per heavy atom. The lowest BCUT2D eigenvalue weighted by atomic mass is 9.91. The van der Waals surface area contributed by atoms with Crippen molar-refractivity contribution < 1.29 is 4.40 Å². The van der Waals surface area contributed by atoms with Crippen LogP contribution in [0.5, 0.6) is 0 Å². The van der Waals surface area contributed by atoms with Crippen molar-refractivity contribution in [3.05, 3.63) is 52.7 Å². The molecule has 120 valence electrons. The zero-order valence-electron chi connectivity index (χ0n) is 13.7. The van der Waals surface area contributed by atoms with Gasteiger partial charge < -0.3 is 0 Å². The van der Waals surface area contributed by atoms with Gasteiger partial charge in [-0.05, 0) is 27.7 Å². The van der Waals surface area contributed by atoms with Gasteiger partial charge in [0.2, 0.25) is 0 Å². The molecule has 0 unspecified atom stereocenters. The average molecular weight is 336 g/mol. The number of H-pyrrole nitrogens is 1. The second-order valence-electron chi connectivity index (χ2n) is 6.50. The number of rotatable bonds is 1. The van der Waals surface area contributed by atoms with E-state index in [1.54, 1.807) is 11.3 Å². The standard InChI is InChI=1S/C18H17N5S/c1-11-9-22(10-13-5-3-4-6-14(11)13)18-19-15-7-8-24-16(15)17-21-20-12(2)23(17)18/h3-8,11H,9-10H2,1-2H3/p+1/t11-/m0/s1. The smallest absolute Gasteiger partial charge is 0.288 e. The summed E-state index contributed by atoms with van der Waals surface area (Å²) in [5, 5.41) is 9.72. The van der Waals surface area contributed by atoms with Crippen LogP contribution in [0.15, 0.2) is 35.7 Å². The molecule has 0 bridgehead atoms. The van der Waals surface area contributed by atoms with Gasteiger partial charge in [0.15, 0.2) is 5.82 Å². The zero-order chi connectivity index (χ0) is 16.3. The van der Waals surface area contributed by atoms with Gasteiger partial charge in [-0.15, -0.1) is 16.3 Å². The minimum Gasteiger partial charge on any atom is -0.288 e. The minimum absolute atomic E-state index is 0.484. The number of fused-ring (bicyclic) bond motifs is 4. The van der Waals surface area contributed by atoms with E-state index < -0.39 is 0 Å². The second-order valence-corrected chi connectivity index (χ2v) is 7.41. The van der Waals surface area contributed by atoms with Crippen molar-refractivity contribution in [2.45, 2.75) is 26.3 Å². The van der Waals surface area contributed by atoms with Crippen LogP contribution in [-0.2, 0) is 6.54 Å². The van der Waals surface area contributed by atoms with Crippen molar-refractivity contribution in [1.29, 1.82) is 0 Å². The van der Waals surface area contributed by atoms with Crippen molar-refractivity contribution in [3.8, 4) is 0 Å². The predicted octanol–water partition coefficient (Wildman–Crippen LogP) is 3.19. The number of thiophene rings is 1. The molecule has 0 amide bonds. The predicted molar refractivity (Wildman–Crippen MR) is 95.6 cm³/mol. The molecule has 4 aromatic rings. The molecule has 1 atom stereocenters. The topological polar surface area (TPSA) is 48.9 Å². The van der Waals surface area contributed by atoms with Gasteiger partial charge in [-0.3, -0.25) is 4.90 Å². The molecule has 1 aromatic carbocycles. The highest BCUT2D eigenvalue weighted by molar-refractivity contribution is 7.17. The lowest BCUT2D eigenvalue weighted by Gasteiger charge is -2.30. The van der Waals surface area contributed by atoms with Crippen LogP contribution in [0.3, 0.4) is 0 Å². The van der Waals surface area contributed by atoms with Gasteiger partial charge in [-0.2, -0.15) is 9.50 Å². The van der Waals surface area contributed by atoms with Crippen molar-refractivity contribution in [2.75, 3.05) is 11.4 Å². The van der Waals surface area contributed by atoms with E-state index in [2.05, 4.69) is 62.1 Å². The SMILES string of the molecule is Cc1[nH]nc2c3sccc3nc(N3Cc4ccccc4[C@@H](C)C3)[n+]12. The van der Waals surface area contributed by atoms with Crippen LogP contribution in [0.1, 0.15) is 29.8 Å². The first-order valence-corrected chi connectivity index (χ1v) is 9.07. The molecule has 0 saturated carbocycles. The highest BCUT2D eigenvalue weighted by Crippen LogP contribution is 2.31. The van der Waals surface area contributed by atoms with Gasteiger partial charge >= 0.3 is 5.95 Å². The molecule has 0 aliphatic carbocycles. The maximum atomic E-state index is 4.97. The number of nitrogens with one attached hydrogen (secondary N) is 1. The number of aryl methyl sites for hydroxylation is 1. The Bertz CT molecular complexity index is 1060. The molecule has 6 heteroatoms. The fourth-order valence-corrected chi connectivity index (χ4v) is 4.54. The van der Waals surface area contributed by atoms with Crippen molar-refractivity contribution >= 4 is 33.1 Å². The van der Waals surface area contributed by atoms with E-state index in [1.807, 2.05) is 6.92 Å². The first-order valence-electron chi connectivity index (χ1n) is 8.19. The Morgan fingerprint density at radius 1 is 1.29 bits per heavy atom. The van der Waals surface area contributed by atoms with Gasteiger partial charge in [0.05, 0.1) is 13.1 Å². The van der Waals surface area contributed by atoms with Crippen molar-refractivity contribution in [2.24, 2.45) is 0 Å². The van der Waals surface area contributed by atoms with E-state index in [4.69, 9.17) is 4.98 Å². The van der Waals surface area contributed by atoms with Crippen LogP contribution in [0.4, 0.5) is 5.95 Å². The summed E-state index contributed by atoms with van der Waals surface area (Å²) in [6, 6.07) is 10.8. The van der Waals surface area contributed by atoms with Gasteiger partial charge in [0, 0.05) is 12.8 Å². The highest BCUT2D eigenvalue weighted by atomic mass is 32.1. The Labute approximate surface area is 143 Å². The molecule has 5 nitrogen and oxygen atoms in total. The molecular formula is C18H18N5S+. The molecule has 0 spiro atoms. The fraction of sp³-hybridized carbons (Fsp3) is 0.278. The van der Waals surface area contributed by atoms with Gasteiger partial charge in [-0.25, -0.2) is 0 Å². The molecule has 3 aromatic heterocycles. The van der Waals surface area contributed by atoms with Gasteiger partial charge in [0.25, 0.3) is 5.65 Å². The van der Waals surface area contributed by atoms with Crippen LogP contribution in [0.25, 0.3) is 15.9 Å². The normalized spacial score (nSPS) is 17.6. The van der Waals surface area contributed by atoms with E-state index in [-0.39, 0.29) is 0 Å². The van der Waals surface area contributed by atoms with E-state index >= 15 is 0 Å². The summed E-state index contributed by atoms with van der Waals surface area (Å²) in [6.07, 6.45) is 0. The molecule has 1 N–H and O–H groups in total. The summed E-state index contributed by atoms with van der Waals surface area (Å²) in [4.78, 5) is 7.34. The lowest BCUT2D eigenvalue weighted by molar-refractivity contribution is -0.508. The van der Waals surface area contributed by atoms with E-state index in [0.717, 1.165) is 40.7 Å². The quantitative estimate of drug-likeness (QED) is 0.543. The van der Waals surface area contributed by atoms with Crippen LogP contribution in [0.2, 0.25) is 0 Å². The van der Waals surface area contributed by atoms with E-state index in [1.165, 1.54) is 11.1 Å². The third-order valence-electron chi connectivity index (χ3n) is 4.86. The van der Waals surface area contributed by atoms with Crippen LogP contribution >= 0.6 is 11.3 Å². The van der Waals surface area contributed by atoms with Crippen LogP contribution < -0.4 is 9.30 Å². The van der Waals surface area contributed by atoms with Crippen LogP contribution in [0, 0.1) is 6.92 Å². The first kappa shape index (κ1) is 13.9. The number of nitrogens with zero attached hydrogens (tertiary/aromatic N) is 4. The first-order chi connectivity index (χ1) is 11.7. The van der Waals surface area contributed by atoms with Gasteiger partial charge in [0.1, 0.15) is 10.2 Å². The molecule has 0 saturated heterocycles. The summed E-state index contributed by atoms with van der Waals surface area (Å²) in [7, 11) is 0. The fourth-order valence-electron chi connectivity index (χ4n) is 3.73. The highest BCUT2D eigenvalue weighted by Gasteiger charge is 2.30. The number of aromatic amines is 1. The summed E-state index contributed by atoms with van der Waals surface area (Å²) < 4.78 is 3.29. The van der Waals surface area contributed by atoms with Gasteiger partial charge in [-0.1, -0.05) is 31.2 Å². The molecule has 0 fully saturated rings. The Morgan fingerprint density at radius 2 is 2.17 bits per heavy atom. The third kappa shape index (κ3) is 1.89. The zero-order valence-corrected chi connectivity index (χ0v) is 14.5. The number of benzene rings is 1. The number of hydrogen-bond donors (Lipinski definition) is 1. The third-order valence-corrected chi connectivity index (χ3v) is 5.76. The minimum atomic E-state index is 0.484. The molecule has 1 aliphatic rings. The maximum absolute atomic E-state index is 4.97. The Hall–Kier alpha value is -2.47. The Kier molecular flexibility index (Phi) is 2.91. The number of anilines is 1. The molecule has 5 rings (SSSR count). The molecular weight excluding hydrogens is 318 g/mol.